The highest BCUT2D eigenvalue weighted by Gasteiger charge is 2.15. The molecule has 2 nitrogen and oxygen atoms in total. The third-order valence-corrected chi connectivity index (χ3v) is 4.35. The van der Waals surface area contributed by atoms with Crippen molar-refractivity contribution in [1.82, 2.24) is 9.55 Å². The highest BCUT2D eigenvalue weighted by Crippen LogP contribution is 2.36. The van der Waals surface area contributed by atoms with Crippen LogP contribution in [0.1, 0.15) is 12.8 Å². The van der Waals surface area contributed by atoms with Gasteiger partial charge in [-0.25, -0.2) is 0 Å². The topological polar surface area (TPSA) is 17.8 Å². The number of pyridine rings is 1. The van der Waals surface area contributed by atoms with E-state index in [2.05, 4.69) is 68.0 Å². The van der Waals surface area contributed by atoms with E-state index in [-0.39, 0.29) is 0 Å². The fraction of sp³-hybridized carbons (Fsp3) is 0.118. The Morgan fingerprint density at radius 2 is 1.95 bits per heavy atom. The molecule has 3 heteroatoms. The predicted octanol–water partition coefficient (Wildman–Crippen LogP) is 5.14. The quantitative estimate of drug-likeness (QED) is 0.605. The van der Waals surface area contributed by atoms with Crippen LogP contribution in [0, 0.1) is 0 Å². The summed E-state index contributed by atoms with van der Waals surface area (Å²) in [5.41, 5.74) is 3.67. The molecule has 0 aliphatic heterocycles. The molecule has 0 radical (unpaired) electrons. The van der Waals surface area contributed by atoms with Gasteiger partial charge in [-0.05, 0) is 40.9 Å². The molecule has 98 valence electrons. The van der Waals surface area contributed by atoms with Crippen LogP contribution in [0.5, 0.6) is 0 Å². The standard InChI is InChI=1S/C17H13BrN2/c18-15-11-19-10-14-13-8-4-5-9-16(13)20(17(14)15)12-6-2-1-3-7-12/h2,4-11H,1,3H2. The Morgan fingerprint density at radius 3 is 2.80 bits per heavy atom. The molecule has 1 aliphatic rings. The molecule has 0 atom stereocenters. The molecule has 0 N–H and O–H groups in total. The van der Waals surface area contributed by atoms with Crippen molar-refractivity contribution in [2.75, 3.05) is 0 Å². The lowest BCUT2D eigenvalue weighted by molar-refractivity contribution is 1.02. The van der Waals surface area contributed by atoms with Crippen molar-refractivity contribution in [2.24, 2.45) is 0 Å². The predicted molar refractivity (Wildman–Crippen MR) is 87.6 cm³/mol. The second-order valence-electron chi connectivity index (χ2n) is 4.98. The SMILES string of the molecule is Brc1cncc2c3ccccc3n(C3=CCCC=C3)c12. The minimum atomic E-state index is 1.03. The molecule has 0 fully saturated rings. The Hall–Kier alpha value is -1.87. The lowest BCUT2D eigenvalue weighted by atomic mass is 10.1. The zero-order valence-corrected chi connectivity index (χ0v) is 12.5. The number of fused-ring (bicyclic) bond motifs is 3. The van der Waals surface area contributed by atoms with Gasteiger partial charge in [-0.1, -0.05) is 30.4 Å². The van der Waals surface area contributed by atoms with Crippen molar-refractivity contribution in [3.05, 3.63) is 59.4 Å². The smallest absolute Gasteiger partial charge is 0.0714 e. The number of allylic oxidation sites excluding steroid dienone is 4. The van der Waals surface area contributed by atoms with Crippen LogP contribution in [0.3, 0.4) is 0 Å². The largest absolute Gasteiger partial charge is 0.308 e. The van der Waals surface area contributed by atoms with E-state index in [1.807, 2.05) is 12.4 Å². The van der Waals surface area contributed by atoms with Gasteiger partial charge in [0.05, 0.1) is 15.5 Å². The number of para-hydroxylation sites is 1. The summed E-state index contributed by atoms with van der Waals surface area (Å²) in [6.07, 6.45) is 12.8. The van der Waals surface area contributed by atoms with Crippen molar-refractivity contribution in [2.45, 2.75) is 12.8 Å². The third-order valence-electron chi connectivity index (χ3n) is 3.77. The molecule has 2 aromatic heterocycles. The van der Waals surface area contributed by atoms with Crippen molar-refractivity contribution in [3.8, 4) is 0 Å². The van der Waals surface area contributed by atoms with Gasteiger partial charge in [0.2, 0.25) is 0 Å². The van der Waals surface area contributed by atoms with Crippen LogP contribution in [0.4, 0.5) is 0 Å². The zero-order valence-electron chi connectivity index (χ0n) is 10.9. The van der Waals surface area contributed by atoms with Gasteiger partial charge in [0.15, 0.2) is 0 Å². The van der Waals surface area contributed by atoms with Crippen molar-refractivity contribution >= 4 is 43.4 Å². The first-order valence-corrected chi connectivity index (χ1v) is 7.55. The van der Waals surface area contributed by atoms with Gasteiger partial charge >= 0.3 is 0 Å². The number of rotatable bonds is 1. The van der Waals surface area contributed by atoms with Crippen molar-refractivity contribution in [3.63, 3.8) is 0 Å². The average Bonchev–Trinajstić information content (AvgIpc) is 2.84. The minimum absolute atomic E-state index is 1.03. The summed E-state index contributed by atoms with van der Waals surface area (Å²) < 4.78 is 3.36. The number of aromatic nitrogens is 2. The van der Waals surface area contributed by atoms with E-state index in [0.29, 0.717) is 0 Å². The molecule has 0 saturated heterocycles. The van der Waals surface area contributed by atoms with Gasteiger partial charge in [-0.2, -0.15) is 0 Å². The third kappa shape index (κ3) is 1.66. The second-order valence-corrected chi connectivity index (χ2v) is 5.83. The number of halogens is 1. The lowest BCUT2D eigenvalue weighted by Crippen LogP contribution is -1.97. The molecule has 3 aromatic rings. The van der Waals surface area contributed by atoms with Crippen molar-refractivity contribution < 1.29 is 0 Å². The van der Waals surface area contributed by atoms with E-state index in [1.165, 1.54) is 27.5 Å². The molecular formula is C17H13BrN2. The summed E-state index contributed by atoms with van der Waals surface area (Å²) in [4.78, 5) is 4.32. The number of nitrogens with zero attached hydrogens (tertiary/aromatic N) is 2. The molecule has 1 aromatic carbocycles. The Balaban J connectivity index is 2.21. The number of hydrogen-bond donors (Lipinski definition) is 0. The first-order valence-electron chi connectivity index (χ1n) is 6.76. The molecule has 0 amide bonds. The van der Waals surface area contributed by atoms with Crippen LogP contribution in [0.25, 0.3) is 27.5 Å². The van der Waals surface area contributed by atoms with E-state index in [4.69, 9.17) is 0 Å². The van der Waals surface area contributed by atoms with Gasteiger partial charge in [0, 0.05) is 28.9 Å². The van der Waals surface area contributed by atoms with Gasteiger partial charge in [0.25, 0.3) is 0 Å². The van der Waals surface area contributed by atoms with Crippen LogP contribution in [-0.2, 0) is 0 Å². The minimum Gasteiger partial charge on any atom is -0.308 e. The van der Waals surface area contributed by atoms with Gasteiger partial charge < -0.3 is 4.57 Å². The normalized spacial score (nSPS) is 14.9. The highest BCUT2D eigenvalue weighted by molar-refractivity contribution is 9.10. The molecule has 4 rings (SSSR count). The summed E-state index contributed by atoms with van der Waals surface area (Å²) in [5, 5.41) is 2.44. The molecule has 0 saturated carbocycles. The molecule has 0 bridgehead atoms. The van der Waals surface area contributed by atoms with Crippen LogP contribution in [0.2, 0.25) is 0 Å². The maximum Gasteiger partial charge on any atom is 0.0714 e. The molecule has 0 unspecified atom stereocenters. The molecule has 0 spiro atoms. The Kier molecular flexibility index (Phi) is 2.74. The van der Waals surface area contributed by atoms with E-state index in [9.17, 15) is 0 Å². The van der Waals surface area contributed by atoms with Gasteiger partial charge in [-0.3, -0.25) is 4.98 Å². The first kappa shape index (κ1) is 11.9. The van der Waals surface area contributed by atoms with E-state index in [1.54, 1.807) is 0 Å². The second kappa shape index (κ2) is 4.60. The Morgan fingerprint density at radius 1 is 1.05 bits per heavy atom. The number of benzene rings is 1. The van der Waals surface area contributed by atoms with Crippen LogP contribution in [0.15, 0.2) is 59.4 Å². The maximum atomic E-state index is 4.32. The Bertz CT molecular complexity index is 871. The van der Waals surface area contributed by atoms with Crippen LogP contribution >= 0.6 is 15.9 Å². The Labute approximate surface area is 125 Å². The first-order chi connectivity index (χ1) is 9.86. The van der Waals surface area contributed by atoms with Gasteiger partial charge in [0.1, 0.15) is 0 Å². The summed E-state index contributed by atoms with van der Waals surface area (Å²) in [7, 11) is 0. The molecule has 1 aliphatic carbocycles. The molecule has 2 heterocycles. The summed E-state index contributed by atoms with van der Waals surface area (Å²) >= 11 is 3.66. The van der Waals surface area contributed by atoms with Crippen molar-refractivity contribution in [1.29, 1.82) is 0 Å². The maximum absolute atomic E-state index is 4.32. The van der Waals surface area contributed by atoms with Crippen LogP contribution in [-0.4, -0.2) is 9.55 Å². The van der Waals surface area contributed by atoms with Crippen LogP contribution < -0.4 is 0 Å². The zero-order chi connectivity index (χ0) is 13.5. The van der Waals surface area contributed by atoms with E-state index < -0.39 is 0 Å². The number of hydrogen-bond acceptors (Lipinski definition) is 1. The lowest BCUT2D eigenvalue weighted by Gasteiger charge is -2.12. The fourth-order valence-electron chi connectivity index (χ4n) is 2.90. The summed E-state index contributed by atoms with van der Waals surface area (Å²) in [5.74, 6) is 0. The summed E-state index contributed by atoms with van der Waals surface area (Å²) in [6.45, 7) is 0. The highest BCUT2D eigenvalue weighted by atomic mass is 79.9. The fourth-order valence-corrected chi connectivity index (χ4v) is 3.41. The molecule has 20 heavy (non-hydrogen) atoms. The molecular weight excluding hydrogens is 312 g/mol. The van der Waals surface area contributed by atoms with E-state index >= 15 is 0 Å². The van der Waals surface area contributed by atoms with Gasteiger partial charge in [-0.15, -0.1) is 0 Å². The van der Waals surface area contributed by atoms with E-state index in [0.717, 1.165) is 17.3 Å². The summed E-state index contributed by atoms with van der Waals surface area (Å²) in [6, 6.07) is 8.50. The average molecular weight is 325 g/mol. The monoisotopic (exact) mass is 324 g/mol.